The summed E-state index contributed by atoms with van der Waals surface area (Å²) in [5.41, 5.74) is 0.392. The van der Waals surface area contributed by atoms with Crippen LogP contribution < -0.4 is 5.32 Å². The summed E-state index contributed by atoms with van der Waals surface area (Å²) in [6, 6.07) is 0.619. The molecular formula is C11H23NS. The molecule has 0 aromatic carbocycles. The fourth-order valence-electron chi connectivity index (χ4n) is 1.42. The lowest BCUT2D eigenvalue weighted by Crippen LogP contribution is -2.40. The molecule has 1 fully saturated rings. The van der Waals surface area contributed by atoms with Crippen molar-refractivity contribution in [3.63, 3.8) is 0 Å². The standard InChI is InChI=1S/C11H23NS/c1-9(11(2,3)4)12-8-10-6-5-7-13-10/h9-10,12H,5-8H2,1-4H3. The average molecular weight is 201 g/mol. The Kier molecular flexibility index (Phi) is 4.11. The highest BCUT2D eigenvalue weighted by Crippen LogP contribution is 2.26. The molecule has 0 aromatic heterocycles. The van der Waals surface area contributed by atoms with Gasteiger partial charge in [0.05, 0.1) is 0 Å². The van der Waals surface area contributed by atoms with Crippen LogP contribution in [0.25, 0.3) is 0 Å². The second kappa shape index (κ2) is 4.70. The Morgan fingerprint density at radius 2 is 2.15 bits per heavy atom. The molecule has 1 N–H and O–H groups in total. The Morgan fingerprint density at radius 3 is 2.62 bits per heavy atom. The Balaban J connectivity index is 2.17. The summed E-state index contributed by atoms with van der Waals surface area (Å²) in [6.45, 7) is 10.4. The van der Waals surface area contributed by atoms with Gasteiger partial charge in [-0.1, -0.05) is 20.8 Å². The van der Waals surface area contributed by atoms with E-state index in [4.69, 9.17) is 0 Å². The lowest BCUT2D eigenvalue weighted by Gasteiger charge is -2.29. The molecule has 2 atom stereocenters. The zero-order valence-corrected chi connectivity index (χ0v) is 10.2. The van der Waals surface area contributed by atoms with Crippen molar-refractivity contribution in [2.24, 2.45) is 5.41 Å². The van der Waals surface area contributed by atoms with Crippen molar-refractivity contribution in [2.45, 2.75) is 51.8 Å². The Morgan fingerprint density at radius 1 is 1.46 bits per heavy atom. The molecule has 0 aliphatic carbocycles. The van der Waals surface area contributed by atoms with E-state index in [-0.39, 0.29) is 0 Å². The number of rotatable bonds is 3. The normalized spacial score (nSPS) is 26.3. The molecule has 0 radical (unpaired) electrons. The van der Waals surface area contributed by atoms with E-state index in [1.54, 1.807) is 0 Å². The third-order valence-corrected chi connectivity index (χ3v) is 4.37. The third-order valence-electron chi connectivity index (χ3n) is 2.97. The lowest BCUT2D eigenvalue weighted by molar-refractivity contribution is 0.287. The molecule has 2 unspecified atom stereocenters. The molecule has 2 heteroatoms. The first-order valence-electron chi connectivity index (χ1n) is 5.35. The van der Waals surface area contributed by atoms with Crippen LogP contribution in [-0.2, 0) is 0 Å². The summed E-state index contributed by atoms with van der Waals surface area (Å²) in [5.74, 6) is 1.37. The predicted octanol–water partition coefficient (Wildman–Crippen LogP) is 2.91. The maximum atomic E-state index is 3.64. The smallest absolute Gasteiger partial charge is 0.0172 e. The Hall–Kier alpha value is 0.310. The molecule has 1 saturated heterocycles. The van der Waals surface area contributed by atoms with Gasteiger partial charge in [0.2, 0.25) is 0 Å². The molecular weight excluding hydrogens is 178 g/mol. The summed E-state index contributed by atoms with van der Waals surface area (Å²) in [4.78, 5) is 0. The monoisotopic (exact) mass is 201 g/mol. The largest absolute Gasteiger partial charge is 0.313 e. The van der Waals surface area contributed by atoms with Crippen molar-refractivity contribution in [3.8, 4) is 0 Å². The molecule has 13 heavy (non-hydrogen) atoms. The molecule has 1 rings (SSSR count). The van der Waals surface area contributed by atoms with Gasteiger partial charge in [0, 0.05) is 17.8 Å². The van der Waals surface area contributed by atoms with Crippen LogP contribution in [0.1, 0.15) is 40.5 Å². The van der Waals surface area contributed by atoms with Crippen LogP contribution in [-0.4, -0.2) is 23.6 Å². The molecule has 1 nitrogen and oxygen atoms in total. The van der Waals surface area contributed by atoms with Crippen molar-refractivity contribution in [3.05, 3.63) is 0 Å². The minimum atomic E-state index is 0.392. The maximum Gasteiger partial charge on any atom is 0.0172 e. The number of hydrogen-bond donors (Lipinski definition) is 1. The van der Waals surface area contributed by atoms with Gasteiger partial charge >= 0.3 is 0 Å². The van der Waals surface area contributed by atoms with Gasteiger partial charge < -0.3 is 5.32 Å². The number of nitrogens with one attached hydrogen (secondary N) is 1. The highest BCUT2D eigenvalue weighted by atomic mass is 32.2. The summed E-state index contributed by atoms with van der Waals surface area (Å²) in [6.07, 6.45) is 2.83. The molecule has 1 aliphatic heterocycles. The highest BCUT2D eigenvalue weighted by Gasteiger charge is 2.21. The molecule has 0 saturated carbocycles. The van der Waals surface area contributed by atoms with Crippen LogP contribution in [0.3, 0.4) is 0 Å². The topological polar surface area (TPSA) is 12.0 Å². The second-order valence-electron chi connectivity index (χ2n) is 5.13. The maximum absolute atomic E-state index is 3.64. The number of thioether (sulfide) groups is 1. The third kappa shape index (κ3) is 3.90. The molecule has 0 bridgehead atoms. The quantitative estimate of drug-likeness (QED) is 0.753. The van der Waals surface area contributed by atoms with Gasteiger partial charge in [-0.2, -0.15) is 11.8 Å². The zero-order valence-electron chi connectivity index (χ0n) is 9.39. The predicted molar refractivity (Wildman–Crippen MR) is 62.4 cm³/mol. The Bertz CT molecular complexity index is 145. The van der Waals surface area contributed by atoms with E-state index >= 15 is 0 Å². The SMILES string of the molecule is CC(NCC1CCCS1)C(C)(C)C. The Labute approximate surface area is 87.1 Å². The first-order valence-corrected chi connectivity index (χ1v) is 6.40. The van der Waals surface area contributed by atoms with Crippen LogP contribution >= 0.6 is 11.8 Å². The van der Waals surface area contributed by atoms with Crippen molar-refractivity contribution in [1.82, 2.24) is 5.32 Å². The van der Waals surface area contributed by atoms with E-state index in [1.807, 2.05) is 0 Å². The van der Waals surface area contributed by atoms with Crippen LogP contribution in [0.5, 0.6) is 0 Å². The van der Waals surface area contributed by atoms with E-state index in [0.29, 0.717) is 11.5 Å². The van der Waals surface area contributed by atoms with E-state index in [9.17, 15) is 0 Å². The van der Waals surface area contributed by atoms with E-state index < -0.39 is 0 Å². The van der Waals surface area contributed by atoms with Crippen LogP contribution in [0, 0.1) is 5.41 Å². The van der Waals surface area contributed by atoms with Gasteiger partial charge in [0.1, 0.15) is 0 Å². The number of hydrogen-bond acceptors (Lipinski definition) is 2. The molecule has 1 heterocycles. The van der Waals surface area contributed by atoms with E-state index in [2.05, 4.69) is 44.8 Å². The van der Waals surface area contributed by atoms with Crippen LogP contribution in [0.4, 0.5) is 0 Å². The molecule has 78 valence electrons. The summed E-state index contributed by atoms with van der Waals surface area (Å²) in [5, 5.41) is 4.52. The first kappa shape index (κ1) is 11.4. The molecule has 1 aliphatic rings. The van der Waals surface area contributed by atoms with Crippen LogP contribution in [0.2, 0.25) is 0 Å². The summed E-state index contributed by atoms with van der Waals surface area (Å²) >= 11 is 2.13. The van der Waals surface area contributed by atoms with Gasteiger partial charge in [-0.25, -0.2) is 0 Å². The minimum Gasteiger partial charge on any atom is -0.313 e. The van der Waals surface area contributed by atoms with Crippen molar-refractivity contribution in [1.29, 1.82) is 0 Å². The summed E-state index contributed by atoms with van der Waals surface area (Å²) < 4.78 is 0. The fraction of sp³-hybridized carbons (Fsp3) is 1.00. The van der Waals surface area contributed by atoms with Crippen LogP contribution in [0.15, 0.2) is 0 Å². The van der Waals surface area contributed by atoms with Gasteiger partial charge in [-0.05, 0) is 30.9 Å². The zero-order chi connectivity index (χ0) is 9.90. The van der Waals surface area contributed by atoms with Gasteiger partial charge in [0.25, 0.3) is 0 Å². The van der Waals surface area contributed by atoms with Gasteiger partial charge in [0.15, 0.2) is 0 Å². The van der Waals surface area contributed by atoms with Crippen molar-refractivity contribution < 1.29 is 0 Å². The van der Waals surface area contributed by atoms with E-state index in [1.165, 1.54) is 25.1 Å². The van der Waals surface area contributed by atoms with Crippen molar-refractivity contribution >= 4 is 11.8 Å². The van der Waals surface area contributed by atoms with E-state index in [0.717, 1.165) is 5.25 Å². The van der Waals surface area contributed by atoms with Gasteiger partial charge in [-0.15, -0.1) is 0 Å². The lowest BCUT2D eigenvalue weighted by atomic mass is 9.88. The minimum absolute atomic E-state index is 0.392. The van der Waals surface area contributed by atoms with Gasteiger partial charge in [-0.3, -0.25) is 0 Å². The first-order chi connectivity index (χ1) is 6.00. The molecule has 0 spiro atoms. The summed E-state index contributed by atoms with van der Waals surface area (Å²) in [7, 11) is 0. The molecule has 0 amide bonds. The highest BCUT2D eigenvalue weighted by molar-refractivity contribution is 8.00. The second-order valence-corrected chi connectivity index (χ2v) is 6.54. The van der Waals surface area contributed by atoms with Crippen molar-refractivity contribution in [2.75, 3.05) is 12.3 Å². The fourth-order valence-corrected chi connectivity index (χ4v) is 2.63. The molecule has 0 aromatic rings. The average Bonchev–Trinajstić information content (AvgIpc) is 2.50.